The first-order valence-corrected chi connectivity index (χ1v) is 3.96. The van der Waals surface area contributed by atoms with Gasteiger partial charge >= 0.3 is 5.97 Å². The second kappa shape index (κ2) is 3.47. The molecule has 0 N–H and O–H groups in total. The molecular formula is C8H12N2O2. The van der Waals surface area contributed by atoms with Crippen molar-refractivity contribution in [2.45, 2.75) is 20.8 Å². The fraction of sp³-hybridized carbons (Fsp3) is 0.625. The highest BCUT2D eigenvalue weighted by Crippen LogP contribution is 2.11. The molecule has 0 radical (unpaired) electrons. The molecule has 4 nitrogen and oxygen atoms in total. The van der Waals surface area contributed by atoms with Crippen molar-refractivity contribution >= 4 is 17.4 Å². The molecule has 0 saturated carbocycles. The molecule has 12 heavy (non-hydrogen) atoms. The largest absolute Gasteiger partial charge is 0.461 e. The van der Waals surface area contributed by atoms with Crippen molar-refractivity contribution in [2.75, 3.05) is 6.61 Å². The Labute approximate surface area is 71.3 Å². The average molecular weight is 168 g/mol. The number of ether oxygens (including phenoxy) is 1. The van der Waals surface area contributed by atoms with E-state index in [0.29, 0.717) is 12.3 Å². The van der Waals surface area contributed by atoms with Crippen LogP contribution in [0.3, 0.4) is 0 Å². The molecule has 1 aliphatic rings. The Balaban J connectivity index is 2.63. The van der Waals surface area contributed by atoms with Gasteiger partial charge in [-0.2, -0.15) is 5.10 Å². The van der Waals surface area contributed by atoms with E-state index in [2.05, 4.69) is 10.2 Å². The predicted molar refractivity (Wildman–Crippen MR) is 46.3 cm³/mol. The Morgan fingerprint density at radius 2 is 2.25 bits per heavy atom. The normalized spacial score (nSPS) is 21.8. The van der Waals surface area contributed by atoms with E-state index in [9.17, 15) is 4.79 Å². The van der Waals surface area contributed by atoms with Crippen LogP contribution in [-0.2, 0) is 9.53 Å². The Bertz CT molecular complexity index is 256. The highest BCUT2D eigenvalue weighted by Gasteiger charge is 2.26. The van der Waals surface area contributed by atoms with Crippen LogP contribution in [-0.4, -0.2) is 24.0 Å². The second-order valence-corrected chi connectivity index (χ2v) is 2.67. The molecule has 66 valence electrons. The zero-order chi connectivity index (χ0) is 9.14. The van der Waals surface area contributed by atoms with E-state index in [0.717, 1.165) is 5.71 Å². The number of rotatable bonds is 2. The van der Waals surface area contributed by atoms with E-state index in [4.69, 9.17) is 4.74 Å². The van der Waals surface area contributed by atoms with Gasteiger partial charge in [-0.3, -0.25) is 0 Å². The second-order valence-electron chi connectivity index (χ2n) is 2.67. The van der Waals surface area contributed by atoms with Gasteiger partial charge in [-0.15, -0.1) is 5.10 Å². The molecule has 0 aromatic carbocycles. The SMILES string of the molecule is CCOC(=O)C1=NN=C(C)[C@H]1C. The molecule has 1 rings (SSSR count). The molecule has 0 aromatic rings. The fourth-order valence-electron chi connectivity index (χ4n) is 0.926. The van der Waals surface area contributed by atoms with Crippen molar-refractivity contribution in [3.05, 3.63) is 0 Å². The molecule has 0 aliphatic carbocycles. The lowest BCUT2D eigenvalue weighted by molar-refractivity contribution is -0.135. The van der Waals surface area contributed by atoms with E-state index in [-0.39, 0.29) is 11.9 Å². The van der Waals surface area contributed by atoms with Crippen LogP contribution in [0.4, 0.5) is 0 Å². The van der Waals surface area contributed by atoms with Crippen LogP contribution in [0.1, 0.15) is 20.8 Å². The summed E-state index contributed by atoms with van der Waals surface area (Å²) in [6.45, 7) is 5.89. The summed E-state index contributed by atoms with van der Waals surface area (Å²) in [5.74, 6) is -0.352. The first kappa shape index (κ1) is 8.90. The van der Waals surface area contributed by atoms with Gasteiger partial charge in [0.25, 0.3) is 0 Å². The molecule has 0 unspecified atom stereocenters. The summed E-state index contributed by atoms with van der Waals surface area (Å²) in [5.41, 5.74) is 1.27. The van der Waals surface area contributed by atoms with Crippen LogP contribution in [0.15, 0.2) is 10.2 Å². The minimum Gasteiger partial charge on any atom is -0.461 e. The quantitative estimate of drug-likeness (QED) is 0.578. The van der Waals surface area contributed by atoms with E-state index in [1.54, 1.807) is 6.92 Å². The van der Waals surface area contributed by atoms with Gasteiger partial charge in [-0.1, -0.05) is 6.92 Å². The Kier molecular flexibility index (Phi) is 2.58. The Morgan fingerprint density at radius 1 is 1.58 bits per heavy atom. The number of carbonyl (C=O) groups is 1. The van der Waals surface area contributed by atoms with Crippen molar-refractivity contribution in [3.8, 4) is 0 Å². The maximum Gasteiger partial charge on any atom is 0.355 e. The molecular weight excluding hydrogens is 156 g/mol. The molecule has 0 amide bonds. The van der Waals surface area contributed by atoms with Crippen LogP contribution >= 0.6 is 0 Å². The predicted octanol–water partition coefficient (Wildman–Crippen LogP) is 1.02. The van der Waals surface area contributed by atoms with Crippen LogP contribution < -0.4 is 0 Å². The Morgan fingerprint density at radius 3 is 2.67 bits per heavy atom. The van der Waals surface area contributed by atoms with Gasteiger partial charge in [0.2, 0.25) is 0 Å². The van der Waals surface area contributed by atoms with Crippen LogP contribution in [0, 0.1) is 5.92 Å². The van der Waals surface area contributed by atoms with Crippen molar-refractivity contribution in [3.63, 3.8) is 0 Å². The topological polar surface area (TPSA) is 51.0 Å². The van der Waals surface area contributed by atoms with Gasteiger partial charge in [0, 0.05) is 11.6 Å². The lowest BCUT2D eigenvalue weighted by Crippen LogP contribution is -2.25. The third kappa shape index (κ3) is 1.52. The van der Waals surface area contributed by atoms with Gasteiger partial charge in [0.1, 0.15) is 0 Å². The third-order valence-electron chi connectivity index (χ3n) is 1.84. The molecule has 0 spiro atoms. The molecule has 1 aliphatic heterocycles. The smallest absolute Gasteiger partial charge is 0.355 e. The van der Waals surface area contributed by atoms with Crippen molar-refractivity contribution < 1.29 is 9.53 Å². The molecule has 0 fully saturated rings. The first-order chi connectivity index (χ1) is 5.66. The number of nitrogens with zero attached hydrogens (tertiary/aromatic N) is 2. The maximum atomic E-state index is 11.2. The lowest BCUT2D eigenvalue weighted by Gasteiger charge is -2.05. The molecule has 0 bridgehead atoms. The van der Waals surface area contributed by atoms with Gasteiger partial charge in [0.15, 0.2) is 5.71 Å². The number of carbonyl (C=O) groups excluding carboxylic acids is 1. The minimum atomic E-state index is -0.356. The maximum absolute atomic E-state index is 11.2. The minimum absolute atomic E-state index is 0.00375. The van der Waals surface area contributed by atoms with Gasteiger partial charge in [0.05, 0.1) is 6.61 Å². The van der Waals surface area contributed by atoms with Crippen molar-refractivity contribution in [2.24, 2.45) is 16.1 Å². The van der Waals surface area contributed by atoms with Crippen LogP contribution in [0.5, 0.6) is 0 Å². The standard InChI is InChI=1S/C8H12N2O2/c1-4-12-8(11)7-5(2)6(3)9-10-7/h5H,4H2,1-3H3/t5-/m1/s1. The summed E-state index contributed by atoms with van der Waals surface area (Å²) < 4.78 is 4.80. The summed E-state index contributed by atoms with van der Waals surface area (Å²) >= 11 is 0. The summed E-state index contributed by atoms with van der Waals surface area (Å²) in [6.07, 6.45) is 0. The van der Waals surface area contributed by atoms with Gasteiger partial charge in [-0.25, -0.2) is 4.79 Å². The molecule has 1 atom stereocenters. The average Bonchev–Trinajstić information content (AvgIpc) is 2.34. The number of esters is 1. The monoisotopic (exact) mass is 168 g/mol. The van der Waals surface area contributed by atoms with E-state index < -0.39 is 0 Å². The molecule has 1 heterocycles. The van der Waals surface area contributed by atoms with E-state index >= 15 is 0 Å². The first-order valence-electron chi connectivity index (χ1n) is 3.96. The Hall–Kier alpha value is -1.19. The molecule has 0 saturated heterocycles. The van der Waals surface area contributed by atoms with Gasteiger partial charge in [-0.05, 0) is 13.8 Å². The lowest BCUT2D eigenvalue weighted by atomic mass is 10.0. The molecule has 4 heteroatoms. The van der Waals surface area contributed by atoms with Gasteiger partial charge < -0.3 is 4.74 Å². The summed E-state index contributed by atoms with van der Waals surface area (Å²) in [5, 5.41) is 7.55. The highest BCUT2D eigenvalue weighted by atomic mass is 16.5. The molecule has 0 aromatic heterocycles. The van der Waals surface area contributed by atoms with E-state index in [1.807, 2.05) is 13.8 Å². The summed E-state index contributed by atoms with van der Waals surface area (Å²) in [6, 6.07) is 0. The summed E-state index contributed by atoms with van der Waals surface area (Å²) in [7, 11) is 0. The summed E-state index contributed by atoms with van der Waals surface area (Å²) in [4.78, 5) is 11.2. The highest BCUT2D eigenvalue weighted by molar-refractivity contribution is 6.42. The zero-order valence-corrected chi connectivity index (χ0v) is 7.50. The van der Waals surface area contributed by atoms with E-state index in [1.165, 1.54) is 0 Å². The van der Waals surface area contributed by atoms with Crippen molar-refractivity contribution in [1.82, 2.24) is 0 Å². The number of hydrogen-bond acceptors (Lipinski definition) is 4. The third-order valence-corrected chi connectivity index (χ3v) is 1.84. The number of hydrogen-bond donors (Lipinski definition) is 0. The van der Waals surface area contributed by atoms with Crippen molar-refractivity contribution in [1.29, 1.82) is 0 Å². The van der Waals surface area contributed by atoms with Crippen LogP contribution in [0.25, 0.3) is 0 Å². The fourth-order valence-corrected chi connectivity index (χ4v) is 0.926. The zero-order valence-electron chi connectivity index (χ0n) is 7.50. The van der Waals surface area contributed by atoms with Crippen LogP contribution in [0.2, 0.25) is 0 Å².